The molecule has 0 fully saturated rings. The Kier molecular flexibility index (Phi) is 10.5. The molecule has 1 rings (SSSR count). The number of nitrogens with one attached hydrogen (secondary N) is 1. The van der Waals surface area contributed by atoms with Gasteiger partial charge in [-0.05, 0) is 31.0 Å². The zero-order valence-electron chi connectivity index (χ0n) is 15.0. The van der Waals surface area contributed by atoms with Gasteiger partial charge in [-0.3, -0.25) is 0 Å². The van der Waals surface area contributed by atoms with Gasteiger partial charge in [0.1, 0.15) is 5.75 Å². The Morgan fingerprint density at radius 3 is 2.42 bits per heavy atom. The quantitative estimate of drug-likeness (QED) is 0.271. The van der Waals surface area contributed by atoms with E-state index in [4.69, 9.17) is 15.0 Å². The minimum absolute atomic E-state index is 0.293. The Morgan fingerprint density at radius 1 is 1.00 bits per heavy atom. The molecule has 1 aromatic carbocycles. The highest BCUT2D eigenvalue weighted by Crippen LogP contribution is 2.25. The first-order valence-electron chi connectivity index (χ1n) is 9.04. The minimum Gasteiger partial charge on any atom is -0.494 e. The van der Waals surface area contributed by atoms with Gasteiger partial charge in [0, 0.05) is 0 Å². The van der Waals surface area contributed by atoms with E-state index in [-0.39, 0.29) is 0 Å². The summed E-state index contributed by atoms with van der Waals surface area (Å²) in [5.74, 6) is 0.179. The zero-order valence-corrected chi connectivity index (χ0v) is 15.0. The Hall–Kier alpha value is -1.91. The molecule has 1 aromatic rings. The molecule has 0 aliphatic heterocycles. The fraction of sp³-hybridized carbons (Fsp3) is 0.632. The molecule has 0 bridgehead atoms. The van der Waals surface area contributed by atoms with E-state index in [9.17, 15) is 4.79 Å². The second-order valence-corrected chi connectivity index (χ2v) is 5.90. The Morgan fingerprint density at radius 2 is 1.71 bits per heavy atom. The van der Waals surface area contributed by atoms with Gasteiger partial charge in [-0.2, -0.15) is 5.11 Å². The molecule has 0 heterocycles. The van der Waals surface area contributed by atoms with Crippen molar-refractivity contribution in [1.82, 2.24) is 0 Å². The summed E-state index contributed by atoms with van der Waals surface area (Å²) in [7, 11) is 0. The van der Waals surface area contributed by atoms with Crippen molar-refractivity contribution >= 4 is 11.7 Å². The number of carbonyl (C=O) groups excluding carboxylic acids is 1. The molecule has 5 heteroatoms. The minimum atomic E-state index is -0.445. The number of unbranched alkanes of at least 4 members (excludes halogenated alkanes) is 6. The monoisotopic (exact) mass is 334 g/mol. The molecule has 0 amide bonds. The summed E-state index contributed by atoms with van der Waals surface area (Å²) in [6, 6.07) is 4.99. The second-order valence-electron chi connectivity index (χ2n) is 5.90. The van der Waals surface area contributed by atoms with Crippen LogP contribution in [-0.4, -0.2) is 19.2 Å². The van der Waals surface area contributed by atoms with Crippen molar-refractivity contribution in [2.45, 2.75) is 65.2 Å². The zero-order chi connectivity index (χ0) is 17.6. The lowest BCUT2D eigenvalue weighted by atomic mass is 10.1. The predicted octanol–water partition coefficient (Wildman–Crippen LogP) is 6.05. The van der Waals surface area contributed by atoms with Gasteiger partial charge >= 0.3 is 5.97 Å². The predicted molar refractivity (Wildman–Crippen MR) is 95.3 cm³/mol. The SMILES string of the molecule is CCCCCCCCOc1ccc(N=N)c(C(=O)OCCCC)c1. The average Bonchev–Trinajstić information content (AvgIpc) is 2.61. The molecule has 0 spiro atoms. The van der Waals surface area contributed by atoms with Gasteiger partial charge in [-0.1, -0.05) is 52.4 Å². The first kappa shape index (κ1) is 20.1. The number of nitrogens with zero attached hydrogens (tertiary/aromatic N) is 1. The Labute approximate surface area is 145 Å². The van der Waals surface area contributed by atoms with Crippen LogP contribution in [-0.2, 0) is 4.74 Å². The third-order valence-corrected chi connectivity index (χ3v) is 3.81. The van der Waals surface area contributed by atoms with E-state index in [0.717, 1.165) is 25.7 Å². The van der Waals surface area contributed by atoms with Crippen LogP contribution in [0.15, 0.2) is 23.3 Å². The summed E-state index contributed by atoms with van der Waals surface area (Å²) >= 11 is 0. The van der Waals surface area contributed by atoms with E-state index in [2.05, 4.69) is 12.0 Å². The van der Waals surface area contributed by atoms with Gasteiger partial charge in [-0.25, -0.2) is 10.3 Å². The normalized spacial score (nSPS) is 10.4. The van der Waals surface area contributed by atoms with Crippen LogP contribution in [0.3, 0.4) is 0 Å². The summed E-state index contributed by atoms with van der Waals surface area (Å²) in [6.07, 6.45) is 9.02. The van der Waals surface area contributed by atoms with Crippen LogP contribution in [0.5, 0.6) is 5.75 Å². The van der Waals surface area contributed by atoms with E-state index >= 15 is 0 Å². The molecule has 24 heavy (non-hydrogen) atoms. The van der Waals surface area contributed by atoms with Gasteiger partial charge in [0.15, 0.2) is 0 Å². The molecule has 5 nitrogen and oxygen atoms in total. The molecule has 0 aliphatic rings. The summed E-state index contributed by atoms with van der Waals surface area (Å²) in [4.78, 5) is 12.1. The van der Waals surface area contributed by atoms with Crippen LogP contribution < -0.4 is 4.74 Å². The first-order chi connectivity index (χ1) is 11.7. The summed E-state index contributed by atoms with van der Waals surface area (Å²) in [6.45, 7) is 5.26. The highest BCUT2D eigenvalue weighted by molar-refractivity contribution is 5.95. The average molecular weight is 334 g/mol. The van der Waals surface area contributed by atoms with Crippen molar-refractivity contribution in [3.05, 3.63) is 23.8 Å². The highest BCUT2D eigenvalue weighted by atomic mass is 16.5. The van der Waals surface area contributed by atoms with Crippen LogP contribution in [0.1, 0.15) is 75.6 Å². The third kappa shape index (κ3) is 7.57. The third-order valence-electron chi connectivity index (χ3n) is 3.81. The van der Waals surface area contributed by atoms with Crippen molar-refractivity contribution in [1.29, 1.82) is 5.53 Å². The van der Waals surface area contributed by atoms with Crippen molar-refractivity contribution in [2.75, 3.05) is 13.2 Å². The maximum Gasteiger partial charge on any atom is 0.340 e. The van der Waals surface area contributed by atoms with Crippen LogP contribution >= 0.6 is 0 Å². The molecular formula is C19H30N2O3. The standard InChI is InChI=1S/C19H30N2O3/c1-3-5-7-8-9-10-14-23-16-11-12-18(21-20)17(15-16)19(22)24-13-6-4-2/h11-12,15,20H,3-10,13-14H2,1-2H3. The highest BCUT2D eigenvalue weighted by Gasteiger charge is 2.14. The van der Waals surface area contributed by atoms with E-state index in [0.29, 0.717) is 30.2 Å². The van der Waals surface area contributed by atoms with E-state index < -0.39 is 5.97 Å². The summed E-state index contributed by atoms with van der Waals surface area (Å²) in [5, 5.41) is 3.39. The van der Waals surface area contributed by atoms with Crippen LogP contribution in [0, 0.1) is 5.53 Å². The lowest BCUT2D eigenvalue weighted by molar-refractivity contribution is 0.0500. The molecule has 0 saturated heterocycles. The van der Waals surface area contributed by atoms with Gasteiger partial charge in [-0.15, -0.1) is 0 Å². The number of esters is 1. The molecule has 0 atom stereocenters. The maximum atomic E-state index is 12.1. The van der Waals surface area contributed by atoms with Crippen LogP contribution in [0.25, 0.3) is 0 Å². The fourth-order valence-corrected chi connectivity index (χ4v) is 2.33. The van der Waals surface area contributed by atoms with Crippen molar-refractivity contribution in [2.24, 2.45) is 5.11 Å². The van der Waals surface area contributed by atoms with Gasteiger partial charge in [0.25, 0.3) is 0 Å². The van der Waals surface area contributed by atoms with E-state index in [1.165, 1.54) is 25.7 Å². The lowest BCUT2D eigenvalue weighted by Crippen LogP contribution is -2.07. The smallest absolute Gasteiger partial charge is 0.340 e. The first-order valence-corrected chi connectivity index (χ1v) is 9.04. The molecule has 0 aliphatic carbocycles. The largest absolute Gasteiger partial charge is 0.494 e. The van der Waals surface area contributed by atoms with Crippen molar-refractivity contribution in [3.63, 3.8) is 0 Å². The van der Waals surface area contributed by atoms with Crippen molar-refractivity contribution < 1.29 is 14.3 Å². The Bertz CT molecular complexity index is 503. The van der Waals surface area contributed by atoms with Crippen LogP contribution in [0.4, 0.5) is 5.69 Å². The molecule has 0 aromatic heterocycles. The molecular weight excluding hydrogens is 304 g/mol. The lowest BCUT2D eigenvalue weighted by Gasteiger charge is -2.10. The molecule has 0 unspecified atom stereocenters. The summed E-state index contributed by atoms with van der Waals surface area (Å²) in [5.41, 5.74) is 7.79. The number of hydrogen-bond acceptors (Lipinski definition) is 5. The van der Waals surface area contributed by atoms with Gasteiger partial charge in [0.2, 0.25) is 0 Å². The fourth-order valence-electron chi connectivity index (χ4n) is 2.33. The number of rotatable bonds is 13. The van der Waals surface area contributed by atoms with Gasteiger partial charge < -0.3 is 9.47 Å². The number of hydrogen-bond donors (Lipinski definition) is 1. The topological polar surface area (TPSA) is 71.7 Å². The van der Waals surface area contributed by atoms with Crippen LogP contribution in [0.2, 0.25) is 0 Å². The number of ether oxygens (including phenoxy) is 2. The molecule has 1 N–H and O–H groups in total. The number of benzene rings is 1. The number of carbonyl (C=O) groups is 1. The molecule has 0 radical (unpaired) electrons. The van der Waals surface area contributed by atoms with E-state index in [1.54, 1.807) is 18.2 Å². The van der Waals surface area contributed by atoms with Crippen molar-refractivity contribution in [3.8, 4) is 5.75 Å². The molecule has 134 valence electrons. The maximum absolute atomic E-state index is 12.1. The van der Waals surface area contributed by atoms with Gasteiger partial charge in [0.05, 0.1) is 24.5 Å². The molecule has 0 saturated carbocycles. The Balaban J connectivity index is 2.49. The summed E-state index contributed by atoms with van der Waals surface area (Å²) < 4.78 is 10.9. The van der Waals surface area contributed by atoms with E-state index in [1.807, 2.05) is 6.92 Å². The second kappa shape index (κ2) is 12.5.